The number of sulfonamides is 1. The summed E-state index contributed by atoms with van der Waals surface area (Å²) in [5.74, 6) is 0. The quantitative estimate of drug-likeness (QED) is 0.701. The summed E-state index contributed by atoms with van der Waals surface area (Å²) in [5, 5.41) is 9.61. The average molecular weight is 361 g/mol. The minimum absolute atomic E-state index is 0.0301. The molecule has 1 unspecified atom stereocenters. The van der Waals surface area contributed by atoms with Crippen LogP contribution in [0.25, 0.3) is 0 Å². The standard InChI is InChI=1S/C16H32N4O3S/c1-15(2)9-13(10-16(3,4)19-15)18-14(21)17-12-7-6-8-20(11-12)24(5,22)23/h12-13,19H,6-11H2,1-5H3,(H2,17,18,21). The molecule has 24 heavy (non-hydrogen) atoms. The fraction of sp³-hybridized carbons (Fsp3) is 0.938. The van der Waals surface area contributed by atoms with Gasteiger partial charge in [0.05, 0.1) is 6.26 Å². The molecule has 2 rings (SSSR count). The largest absolute Gasteiger partial charge is 0.335 e. The zero-order chi connectivity index (χ0) is 18.2. The molecule has 2 aliphatic rings. The van der Waals surface area contributed by atoms with Gasteiger partial charge >= 0.3 is 6.03 Å². The third kappa shape index (κ3) is 5.60. The summed E-state index contributed by atoms with van der Waals surface area (Å²) < 4.78 is 24.8. The van der Waals surface area contributed by atoms with E-state index in [-0.39, 0.29) is 29.2 Å². The van der Waals surface area contributed by atoms with Gasteiger partial charge in [0, 0.05) is 36.3 Å². The van der Waals surface area contributed by atoms with Gasteiger partial charge < -0.3 is 16.0 Å². The van der Waals surface area contributed by atoms with Crippen LogP contribution in [0.3, 0.4) is 0 Å². The zero-order valence-electron chi connectivity index (χ0n) is 15.5. The number of piperidine rings is 2. The van der Waals surface area contributed by atoms with Crippen molar-refractivity contribution in [1.82, 2.24) is 20.3 Å². The first-order valence-corrected chi connectivity index (χ1v) is 10.5. The molecule has 8 heteroatoms. The molecular weight excluding hydrogens is 328 g/mol. The molecular formula is C16H32N4O3S. The SMILES string of the molecule is CC1(C)CC(NC(=O)NC2CCCN(S(C)(=O)=O)C2)CC(C)(C)N1. The third-order valence-electron chi connectivity index (χ3n) is 4.71. The second-order valence-electron chi connectivity index (χ2n) is 8.58. The van der Waals surface area contributed by atoms with Crippen LogP contribution in [0.4, 0.5) is 4.79 Å². The smallest absolute Gasteiger partial charge is 0.315 e. The maximum Gasteiger partial charge on any atom is 0.315 e. The number of nitrogens with one attached hydrogen (secondary N) is 3. The Morgan fingerprint density at radius 3 is 2.17 bits per heavy atom. The first-order chi connectivity index (χ1) is 10.9. The van der Waals surface area contributed by atoms with Crippen molar-refractivity contribution in [2.75, 3.05) is 19.3 Å². The topological polar surface area (TPSA) is 90.5 Å². The number of hydrogen-bond acceptors (Lipinski definition) is 4. The van der Waals surface area contributed by atoms with Crippen LogP contribution >= 0.6 is 0 Å². The summed E-state index contributed by atoms with van der Waals surface area (Å²) in [6.07, 6.45) is 4.52. The highest BCUT2D eigenvalue weighted by atomic mass is 32.2. The monoisotopic (exact) mass is 360 g/mol. The van der Waals surface area contributed by atoms with Gasteiger partial charge in [0.25, 0.3) is 0 Å². The Morgan fingerprint density at radius 1 is 1.08 bits per heavy atom. The van der Waals surface area contributed by atoms with Crippen LogP contribution in [0.15, 0.2) is 0 Å². The van der Waals surface area contributed by atoms with E-state index in [1.807, 2.05) is 0 Å². The van der Waals surface area contributed by atoms with Crippen LogP contribution in [0, 0.1) is 0 Å². The average Bonchev–Trinajstić information content (AvgIpc) is 2.33. The molecule has 2 fully saturated rings. The van der Waals surface area contributed by atoms with Gasteiger partial charge in [-0.25, -0.2) is 17.5 Å². The van der Waals surface area contributed by atoms with Crippen molar-refractivity contribution < 1.29 is 13.2 Å². The van der Waals surface area contributed by atoms with Crippen LogP contribution < -0.4 is 16.0 Å². The van der Waals surface area contributed by atoms with Gasteiger partial charge in [0.2, 0.25) is 10.0 Å². The predicted molar refractivity (Wildman–Crippen MR) is 95.4 cm³/mol. The van der Waals surface area contributed by atoms with Gasteiger partial charge in [-0.15, -0.1) is 0 Å². The normalized spacial score (nSPS) is 28.3. The van der Waals surface area contributed by atoms with Crippen LogP contribution in [0.1, 0.15) is 53.4 Å². The van der Waals surface area contributed by atoms with Crippen molar-refractivity contribution in [3.05, 3.63) is 0 Å². The molecule has 0 radical (unpaired) electrons. The molecule has 0 aromatic rings. The highest BCUT2D eigenvalue weighted by Crippen LogP contribution is 2.28. The minimum atomic E-state index is -3.20. The molecule has 3 N–H and O–H groups in total. The zero-order valence-corrected chi connectivity index (χ0v) is 16.3. The van der Waals surface area contributed by atoms with E-state index in [9.17, 15) is 13.2 Å². The highest BCUT2D eigenvalue weighted by molar-refractivity contribution is 7.88. The first-order valence-electron chi connectivity index (χ1n) is 8.68. The lowest BCUT2D eigenvalue weighted by molar-refractivity contribution is 0.146. The Labute approximate surface area is 146 Å². The number of carbonyl (C=O) groups excluding carboxylic acids is 1. The molecule has 0 aliphatic carbocycles. The Bertz CT molecular complexity index is 558. The summed E-state index contributed by atoms with van der Waals surface area (Å²) in [5.41, 5.74) is -0.0603. The van der Waals surface area contributed by atoms with Gasteiger partial charge in [0.15, 0.2) is 0 Å². The van der Waals surface area contributed by atoms with E-state index < -0.39 is 10.0 Å². The molecule has 1 atom stereocenters. The van der Waals surface area contributed by atoms with E-state index in [1.54, 1.807) is 0 Å². The molecule has 0 aromatic heterocycles. The van der Waals surface area contributed by atoms with Crippen molar-refractivity contribution in [1.29, 1.82) is 0 Å². The van der Waals surface area contributed by atoms with Crippen molar-refractivity contribution >= 4 is 16.1 Å². The number of urea groups is 1. The number of amides is 2. The Kier molecular flexibility index (Phi) is 5.52. The maximum atomic E-state index is 12.3. The van der Waals surface area contributed by atoms with E-state index >= 15 is 0 Å². The van der Waals surface area contributed by atoms with Gasteiger partial charge in [-0.1, -0.05) is 0 Å². The fourth-order valence-electron chi connectivity index (χ4n) is 4.20. The Balaban J connectivity index is 1.89. The lowest BCUT2D eigenvalue weighted by Crippen LogP contribution is -2.63. The van der Waals surface area contributed by atoms with Crippen molar-refractivity contribution in [3.8, 4) is 0 Å². The van der Waals surface area contributed by atoms with Crippen LogP contribution in [0.5, 0.6) is 0 Å². The van der Waals surface area contributed by atoms with Gasteiger partial charge in [-0.2, -0.15) is 0 Å². The van der Waals surface area contributed by atoms with Crippen LogP contribution in [-0.4, -0.2) is 61.3 Å². The van der Waals surface area contributed by atoms with E-state index in [1.165, 1.54) is 10.6 Å². The van der Waals surface area contributed by atoms with Crippen LogP contribution in [0.2, 0.25) is 0 Å². The van der Waals surface area contributed by atoms with Crippen molar-refractivity contribution in [3.63, 3.8) is 0 Å². The molecule has 0 bridgehead atoms. The van der Waals surface area contributed by atoms with E-state index in [2.05, 4.69) is 43.6 Å². The minimum Gasteiger partial charge on any atom is -0.335 e. The second kappa shape index (κ2) is 6.80. The van der Waals surface area contributed by atoms with E-state index in [4.69, 9.17) is 0 Å². The van der Waals surface area contributed by atoms with E-state index in [0.29, 0.717) is 13.1 Å². The number of carbonyl (C=O) groups is 1. The molecule has 140 valence electrons. The Hall–Kier alpha value is -0.860. The fourth-order valence-corrected chi connectivity index (χ4v) is 5.11. The summed E-state index contributed by atoms with van der Waals surface area (Å²) in [6.45, 7) is 9.47. The Morgan fingerprint density at radius 2 is 1.62 bits per heavy atom. The van der Waals surface area contributed by atoms with Gasteiger partial charge in [0.1, 0.15) is 0 Å². The van der Waals surface area contributed by atoms with Gasteiger partial charge in [-0.3, -0.25) is 0 Å². The van der Waals surface area contributed by atoms with Crippen LogP contribution in [-0.2, 0) is 10.0 Å². The molecule has 2 amide bonds. The third-order valence-corrected chi connectivity index (χ3v) is 5.98. The summed E-state index contributed by atoms with van der Waals surface area (Å²) in [4.78, 5) is 12.3. The lowest BCUT2D eigenvalue weighted by Gasteiger charge is -2.46. The molecule has 2 aliphatic heterocycles. The molecule has 0 saturated carbocycles. The second-order valence-corrected chi connectivity index (χ2v) is 10.6. The summed E-state index contributed by atoms with van der Waals surface area (Å²) >= 11 is 0. The van der Waals surface area contributed by atoms with Crippen molar-refractivity contribution in [2.24, 2.45) is 0 Å². The van der Waals surface area contributed by atoms with Crippen molar-refractivity contribution in [2.45, 2.75) is 76.5 Å². The highest BCUT2D eigenvalue weighted by Gasteiger charge is 2.38. The van der Waals surface area contributed by atoms with E-state index in [0.717, 1.165) is 25.7 Å². The molecule has 7 nitrogen and oxygen atoms in total. The molecule has 2 heterocycles. The summed E-state index contributed by atoms with van der Waals surface area (Å²) in [6, 6.07) is -0.226. The number of rotatable bonds is 3. The molecule has 0 spiro atoms. The summed E-state index contributed by atoms with van der Waals surface area (Å²) in [7, 11) is -3.20. The molecule has 2 saturated heterocycles. The predicted octanol–water partition coefficient (Wildman–Crippen LogP) is 1.02. The maximum absolute atomic E-state index is 12.3. The number of nitrogens with zero attached hydrogens (tertiary/aromatic N) is 1. The number of hydrogen-bond donors (Lipinski definition) is 3. The van der Waals surface area contributed by atoms with Gasteiger partial charge in [-0.05, 0) is 53.4 Å². The molecule has 0 aromatic carbocycles. The lowest BCUT2D eigenvalue weighted by atomic mass is 9.80. The first kappa shape index (κ1) is 19.5.